The van der Waals surface area contributed by atoms with E-state index in [2.05, 4.69) is 22.4 Å². The van der Waals surface area contributed by atoms with E-state index in [1.807, 2.05) is 23.5 Å². The number of nitrogens with zero attached hydrogens (tertiary/aromatic N) is 2. The van der Waals surface area contributed by atoms with E-state index < -0.39 is 0 Å². The summed E-state index contributed by atoms with van der Waals surface area (Å²) in [4.78, 5) is 4.56. The predicted octanol–water partition coefficient (Wildman–Crippen LogP) is 2.15. The number of ether oxygens (including phenoxy) is 1. The van der Waals surface area contributed by atoms with E-state index in [4.69, 9.17) is 9.26 Å². The van der Waals surface area contributed by atoms with Gasteiger partial charge in [-0.05, 0) is 13.0 Å². The highest BCUT2D eigenvalue weighted by atomic mass is 32.2. The molecule has 1 saturated heterocycles. The minimum absolute atomic E-state index is 0.238. The number of hydrogen-bond acceptors (Lipinski definition) is 7. The minimum Gasteiger partial charge on any atom is -0.383 e. The van der Waals surface area contributed by atoms with Crippen LogP contribution in [0.15, 0.2) is 4.52 Å². The van der Waals surface area contributed by atoms with Gasteiger partial charge in [0, 0.05) is 36.8 Å². The molecule has 0 amide bonds. The Labute approximate surface area is 129 Å². The summed E-state index contributed by atoms with van der Waals surface area (Å²) in [5.74, 6) is 5.04. The van der Waals surface area contributed by atoms with E-state index in [9.17, 15) is 0 Å². The van der Waals surface area contributed by atoms with Crippen LogP contribution < -0.4 is 5.32 Å². The van der Waals surface area contributed by atoms with Gasteiger partial charge in [0.1, 0.15) is 0 Å². The zero-order valence-electron chi connectivity index (χ0n) is 12.1. The maximum atomic E-state index is 5.40. The first-order chi connectivity index (χ1) is 9.83. The Kier molecular flexibility index (Phi) is 7.19. The molecule has 5 nitrogen and oxygen atoms in total. The van der Waals surface area contributed by atoms with Crippen molar-refractivity contribution in [3.05, 3.63) is 11.7 Å². The van der Waals surface area contributed by atoms with Gasteiger partial charge < -0.3 is 14.6 Å². The lowest BCUT2D eigenvalue weighted by Gasteiger charge is -2.17. The molecule has 2 heterocycles. The van der Waals surface area contributed by atoms with Gasteiger partial charge in [-0.3, -0.25) is 0 Å². The molecule has 1 aromatic heterocycles. The number of rotatable bonds is 8. The molecule has 1 aliphatic rings. The zero-order chi connectivity index (χ0) is 14.2. The fraction of sp³-hybridized carbons (Fsp3) is 0.846. The summed E-state index contributed by atoms with van der Waals surface area (Å²) in [5.41, 5.74) is 0. The lowest BCUT2D eigenvalue weighted by atomic mass is 10.2. The molecule has 114 valence electrons. The van der Waals surface area contributed by atoms with Crippen molar-refractivity contribution in [2.75, 3.05) is 37.5 Å². The lowest BCUT2D eigenvalue weighted by molar-refractivity contribution is 0.161. The van der Waals surface area contributed by atoms with Crippen molar-refractivity contribution in [2.24, 2.45) is 0 Å². The van der Waals surface area contributed by atoms with Gasteiger partial charge in [0.15, 0.2) is 5.82 Å². The molecule has 2 atom stereocenters. The van der Waals surface area contributed by atoms with Crippen molar-refractivity contribution < 1.29 is 9.26 Å². The van der Waals surface area contributed by atoms with Gasteiger partial charge in [0.25, 0.3) is 0 Å². The molecule has 0 bridgehead atoms. The minimum atomic E-state index is 0.238. The van der Waals surface area contributed by atoms with Gasteiger partial charge in [-0.15, -0.1) is 11.8 Å². The normalized spacial score (nSPS) is 21.0. The monoisotopic (exact) mass is 317 g/mol. The predicted molar refractivity (Wildman–Crippen MR) is 84.5 cm³/mol. The van der Waals surface area contributed by atoms with Crippen LogP contribution in [-0.4, -0.2) is 53.7 Å². The van der Waals surface area contributed by atoms with Gasteiger partial charge in [0.05, 0.1) is 11.9 Å². The van der Waals surface area contributed by atoms with Crippen LogP contribution in [0.25, 0.3) is 0 Å². The smallest absolute Gasteiger partial charge is 0.228 e. The van der Waals surface area contributed by atoms with Crippen molar-refractivity contribution in [1.29, 1.82) is 0 Å². The first-order valence-corrected chi connectivity index (χ1v) is 9.28. The van der Waals surface area contributed by atoms with E-state index in [1.165, 1.54) is 11.5 Å². The third kappa shape index (κ3) is 4.95. The quantitative estimate of drug-likeness (QED) is 0.788. The van der Waals surface area contributed by atoms with Crippen LogP contribution in [0.3, 0.4) is 0 Å². The van der Waals surface area contributed by atoms with Crippen molar-refractivity contribution in [1.82, 2.24) is 15.5 Å². The van der Waals surface area contributed by atoms with Crippen molar-refractivity contribution in [3.8, 4) is 0 Å². The first kappa shape index (κ1) is 16.1. The fourth-order valence-electron chi connectivity index (χ4n) is 2.07. The SMILES string of the molecule is CCCNC(COC)Cc1nc(C2CSCCS2)no1. The Bertz CT molecular complexity index is 383. The Hall–Kier alpha value is -0.240. The van der Waals surface area contributed by atoms with Crippen LogP contribution in [-0.2, 0) is 11.2 Å². The molecule has 2 rings (SSSR count). The van der Waals surface area contributed by atoms with E-state index in [0.29, 0.717) is 17.7 Å². The molecule has 2 unspecified atom stereocenters. The molecule has 1 aromatic rings. The van der Waals surface area contributed by atoms with E-state index in [1.54, 1.807) is 7.11 Å². The van der Waals surface area contributed by atoms with Gasteiger partial charge in [-0.25, -0.2) is 0 Å². The van der Waals surface area contributed by atoms with Crippen LogP contribution in [0.2, 0.25) is 0 Å². The summed E-state index contributed by atoms with van der Waals surface area (Å²) >= 11 is 3.89. The first-order valence-electron chi connectivity index (χ1n) is 7.07. The van der Waals surface area contributed by atoms with E-state index in [0.717, 1.165) is 31.0 Å². The van der Waals surface area contributed by atoms with E-state index >= 15 is 0 Å². The molecule has 0 radical (unpaired) electrons. The Morgan fingerprint density at radius 1 is 1.50 bits per heavy atom. The number of nitrogens with one attached hydrogen (secondary N) is 1. The molecular formula is C13H23N3O2S2. The zero-order valence-corrected chi connectivity index (χ0v) is 13.8. The Balaban J connectivity index is 1.89. The van der Waals surface area contributed by atoms with Crippen molar-refractivity contribution in [3.63, 3.8) is 0 Å². The maximum absolute atomic E-state index is 5.40. The summed E-state index contributed by atoms with van der Waals surface area (Å²) < 4.78 is 10.6. The standard InChI is InChI=1S/C13H23N3O2S2/c1-3-4-14-10(8-17-2)7-12-15-13(16-18-12)11-9-19-5-6-20-11/h10-11,14H,3-9H2,1-2H3. The van der Waals surface area contributed by atoms with Gasteiger partial charge >= 0.3 is 0 Å². The molecule has 0 aromatic carbocycles. The maximum Gasteiger partial charge on any atom is 0.228 e. The molecule has 0 aliphatic carbocycles. The van der Waals surface area contributed by atoms with Crippen LogP contribution in [0.5, 0.6) is 0 Å². The molecule has 0 saturated carbocycles. The number of methoxy groups -OCH3 is 1. The third-order valence-corrected chi connectivity index (χ3v) is 5.81. The second-order valence-corrected chi connectivity index (χ2v) is 7.25. The number of hydrogen-bond donors (Lipinski definition) is 1. The summed E-state index contributed by atoms with van der Waals surface area (Å²) in [6, 6.07) is 0.238. The second kappa shape index (κ2) is 8.92. The fourth-order valence-corrected chi connectivity index (χ4v) is 4.66. The molecule has 0 spiro atoms. The van der Waals surface area contributed by atoms with Crippen LogP contribution in [0.1, 0.15) is 30.3 Å². The average Bonchev–Trinajstić information content (AvgIpc) is 2.94. The van der Waals surface area contributed by atoms with Gasteiger partial charge in [-0.2, -0.15) is 16.7 Å². The molecule has 1 N–H and O–H groups in total. The summed E-state index contributed by atoms with van der Waals surface area (Å²) in [5, 5.41) is 7.97. The molecular weight excluding hydrogens is 294 g/mol. The largest absolute Gasteiger partial charge is 0.383 e. The van der Waals surface area contributed by atoms with Crippen LogP contribution in [0, 0.1) is 0 Å². The summed E-state index contributed by atoms with van der Waals surface area (Å²) in [6.07, 6.45) is 1.83. The number of aromatic nitrogens is 2. The molecule has 1 fully saturated rings. The average molecular weight is 317 g/mol. The van der Waals surface area contributed by atoms with Crippen molar-refractivity contribution in [2.45, 2.75) is 31.1 Å². The summed E-state index contributed by atoms with van der Waals surface area (Å²) in [7, 11) is 1.72. The van der Waals surface area contributed by atoms with E-state index in [-0.39, 0.29) is 6.04 Å². The Morgan fingerprint density at radius 3 is 3.10 bits per heavy atom. The number of thioether (sulfide) groups is 2. The molecule has 1 aliphatic heterocycles. The van der Waals surface area contributed by atoms with Crippen LogP contribution in [0.4, 0.5) is 0 Å². The molecule has 20 heavy (non-hydrogen) atoms. The van der Waals surface area contributed by atoms with Gasteiger partial charge in [-0.1, -0.05) is 12.1 Å². The van der Waals surface area contributed by atoms with Gasteiger partial charge in [0.2, 0.25) is 5.89 Å². The second-order valence-electron chi connectivity index (χ2n) is 4.79. The molecule has 7 heteroatoms. The van der Waals surface area contributed by atoms with Crippen LogP contribution >= 0.6 is 23.5 Å². The summed E-state index contributed by atoms with van der Waals surface area (Å²) in [6.45, 7) is 3.79. The highest BCUT2D eigenvalue weighted by molar-refractivity contribution is 8.06. The highest BCUT2D eigenvalue weighted by Crippen LogP contribution is 2.35. The third-order valence-electron chi connectivity index (χ3n) is 3.06. The highest BCUT2D eigenvalue weighted by Gasteiger charge is 2.22. The van der Waals surface area contributed by atoms with Crippen molar-refractivity contribution >= 4 is 23.5 Å². The lowest BCUT2D eigenvalue weighted by Crippen LogP contribution is -2.35. The Morgan fingerprint density at radius 2 is 2.40 bits per heavy atom. The topological polar surface area (TPSA) is 60.2 Å².